The lowest BCUT2D eigenvalue weighted by atomic mass is 10.2. The second-order valence-electron chi connectivity index (χ2n) is 3.77. The van der Waals surface area contributed by atoms with E-state index in [2.05, 4.69) is 20.5 Å². The zero-order chi connectivity index (χ0) is 13.1. The summed E-state index contributed by atoms with van der Waals surface area (Å²) in [6.07, 6.45) is 3.01. The van der Waals surface area contributed by atoms with E-state index in [1.165, 1.54) is 6.20 Å². The van der Waals surface area contributed by atoms with Crippen molar-refractivity contribution in [3.8, 4) is 11.5 Å². The molecule has 2 heterocycles. The number of hydrogen-bond acceptors (Lipinski definition) is 6. The average Bonchev–Trinajstić information content (AvgIpc) is 2.86. The number of rotatable bonds is 3. The molecule has 19 heavy (non-hydrogen) atoms. The van der Waals surface area contributed by atoms with Crippen LogP contribution >= 0.6 is 0 Å². The van der Waals surface area contributed by atoms with Crippen LogP contribution < -0.4 is 20.6 Å². The molecule has 2 aromatic rings. The van der Waals surface area contributed by atoms with Gasteiger partial charge in [0.25, 0.3) is 0 Å². The first kappa shape index (κ1) is 11.3. The summed E-state index contributed by atoms with van der Waals surface area (Å²) in [5, 5.41) is 4.01. The second kappa shape index (κ2) is 4.81. The number of nitrogens with zero attached hydrogens (tertiary/aromatic N) is 2. The third kappa shape index (κ3) is 2.54. The van der Waals surface area contributed by atoms with Crippen LogP contribution in [0.1, 0.15) is 5.56 Å². The van der Waals surface area contributed by atoms with Gasteiger partial charge in [0.05, 0.1) is 6.21 Å². The highest BCUT2D eigenvalue weighted by molar-refractivity contribution is 5.81. The number of aromatic amines is 1. The lowest BCUT2D eigenvalue weighted by Gasteiger charge is -1.99. The first-order chi connectivity index (χ1) is 9.31. The fraction of sp³-hybridized carbons (Fsp3) is 0.0833. The molecule has 0 bridgehead atoms. The quantitative estimate of drug-likeness (QED) is 0.632. The molecule has 1 aromatic heterocycles. The van der Waals surface area contributed by atoms with Crippen LogP contribution in [0.15, 0.2) is 40.4 Å². The largest absolute Gasteiger partial charge is 0.454 e. The summed E-state index contributed by atoms with van der Waals surface area (Å²) >= 11 is 0. The molecular formula is C12H10N4O3. The summed E-state index contributed by atoms with van der Waals surface area (Å²) in [6.45, 7) is 0.242. The van der Waals surface area contributed by atoms with E-state index >= 15 is 0 Å². The number of hydrogen-bond donors (Lipinski definition) is 2. The molecule has 0 saturated heterocycles. The van der Waals surface area contributed by atoms with E-state index in [4.69, 9.17) is 9.47 Å². The molecule has 0 spiro atoms. The van der Waals surface area contributed by atoms with Crippen molar-refractivity contribution in [3.63, 3.8) is 0 Å². The van der Waals surface area contributed by atoms with Crippen LogP contribution in [0.5, 0.6) is 11.5 Å². The monoisotopic (exact) mass is 258 g/mol. The Bertz CT molecular complexity index is 681. The molecule has 96 valence electrons. The molecule has 1 aliphatic rings. The van der Waals surface area contributed by atoms with E-state index in [0.717, 1.165) is 11.3 Å². The number of fused-ring (bicyclic) bond motifs is 1. The Labute approximate surface area is 107 Å². The van der Waals surface area contributed by atoms with Crippen LogP contribution in [-0.2, 0) is 0 Å². The van der Waals surface area contributed by atoms with Gasteiger partial charge in [0.1, 0.15) is 5.82 Å². The van der Waals surface area contributed by atoms with E-state index in [-0.39, 0.29) is 6.79 Å². The van der Waals surface area contributed by atoms with Crippen molar-refractivity contribution in [3.05, 3.63) is 46.5 Å². The van der Waals surface area contributed by atoms with Crippen LogP contribution in [-0.4, -0.2) is 23.0 Å². The molecule has 0 unspecified atom stereocenters. The van der Waals surface area contributed by atoms with Gasteiger partial charge in [-0.3, -0.25) is 10.4 Å². The number of benzene rings is 1. The molecular weight excluding hydrogens is 248 g/mol. The number of nitrogens with one attached hydrogen (secondary N) is 2. The molecule has 0 amide bonds. The zero-order valence-electron chi connectivity index (χ0n) is 9.79. The van der Waals surface area contributed by atoms with Crippen LogP contribution in [0.3, 0.4) is 0 Å². The van der Waals surface area contributed by atoms with Crippen molar-refractivity contribution >= 4 is 12.0 Å². The number of hydrazone groups is 1. The van der Waals surface area contributed by atoms with Gasteiger partial charge in [-0.2, -0.15) is 5.10 Å². The van der Waals surface area contributed by atoms with Crippen molar-refractivity contribution in [1.29, 1.82) is 0 Å². The van der Waals surface area contributed by atoms with Crippen LogP contribution in [0.2, 0.25) is 0 Å². The third-order valence-electron chi connectivity index (χ3n) is 2.47. The predicted molar refractivity (Wildman–Crippen MR) is 68.6 cm³/mol. The standard InChI is InChI=1S/C12H10N4O3/c17-12-13-4-3-11(15-12)16-14-6-8-1-2-9-10(5-8)19-7-18-9/h1-6H,7H2,(H2,13,15,16,17). The number of anilines is 1. The Hall–Kier alpha value is -2.83. The van der Waals surface area contributed by atoms with Crippen molar-refractivity contribution in [2.45, 2.75) is 0 Å². The molecule has 3 rings (SSSR count). The van der Waals surface area contributed by atoms with Gasteiger partial charge in [0, 0.05) is 6.20 Å². The number of H-pyrrole nitrogens is 1. The number of aromatic nitrogens is 2. The molecule has 0 saturated carbocycles. The maximum Gasteiger partial charge on any atom is 0.346 e. The molecule has 0 fully saturated rings. The maximum absolute atomic E-state index is 11.0. The topological polar surface area (TPSA) is 88.6 Å². The summed E-state index contributed by atoms with van der Waals surface area (Å²) < 4.78 is 10.5. The molecule has 0 aliphatic carbocycles. The van der Waals surface area contributed by atoms with Gasteiger partial charge in [-0.25, -0.2) is 9.78 Å². The fourth-order valence-corrected chi connectivity index (χ4v) is 1.60. The van der Waals surface area contributed by atoms with Crippen LogP contribution in [0.25, 0.3) is 0 Å². The first-order valence-electron chi connectivity index (χ1n) is 5.55. The molecule has 1 aliphatic heterocycles. The molecule has 7 nitrogen and oxygen atoms in total. The minimum atomic E-state index is -0.428. The fourth-order valence-electron chi connectivity index (χ4n) is 1.60. The van der Waals surface area contributed by atoms with E-state index in [9.17, 15) is 4.79 Å². The molecule has 0 atom stereocenters. The average molecular weight is 258 g/mol. The van der Waals surface area contributed by atoms with Gasteiger partial charge >= 0.3 is 5.69 Å². The smallest absolute Gasteiger partial charge is 0.346 e. The van der Waals surface area contributed by atoms with Crippen molar-refractivity contribution in [2.24, 2.45) is 5.10 Å². The maximum atomic E-state index is 11.0. The third-order valence-corrected chi connectivity index (χ3v) is 2.47. The molecule has 0 radical (unpaired) electrons. The van der Waals surface area contributed by atoms with Gasteiger partial charge in [-0.1, -0.05) is 0 Å². The molecule has 2 N–H and O–H groups in total. The predicted octanol–water partition coefficient (Wildman–Crippen LogP) is 0.945. The Morgan fingerprint density at radius 3 is 3.11 bits per heavy atom. The summed E-state index contributed by atoms with van der Waals surface area (Å²) in [5.74, 6) is 1.89. The van der Waals surface area contributed by atoms with Gasteiger partial charge in [-0.15, -0.1) is 0 Å². The Morgan fingerprint density at radius 2 is 2.21 bits per heavy atom. The molecule has 7 heteroatoms. The zero-order valence-corrected chi connectivity index (χ0v) is 9.79. The molecule has 1 aromatic carbocycles. The lowest BCUT2D eigenvalue weighted by molar-refractivity contribution is 0.174. The highest BCUT2D eigenvalue weighted by Crippen LogP contribution is 2.31. The first-order valence-corrected chi connectivity index (χ1v) is 5.55. The summed E-state index contributed by atoms with van der Waals surface area (Å²) in [6, 6.07) is 7.10. The van der Waals surface area contributed by atoms with Crippen LogP contribution in [0.4, 0.5) is 5.82 Å². The summed E-state index contributed by atoms with van der Waals surface area (Å²) in [4.78, 5) is 17.0. The van der Waals surface area contributed by atoms with Gasteiger partial charge in [0.15, 0.2) is 11.5 Å². The minimum Gasteiger partial charge on any atom is -0.454 e. The van der Waals surface area contributed by atoms with E-state index in [1.54, 1.807) is 12.3 Å². The minimum absolute atomic E-state index is 0.242. The lowest BCUT2D eigenvalue weighted by Crippen LogP contribution is -2.10. The summed E-state index contributed by atoms with van der Waals surface area (Å²) in [5.41, 5.74) is 3.13. The van der Waals surface area contributed by atoms with Crippen LogP contribution in [0, 0.1) is 0 Å². The van der Waals surface area contributed by atoms with E-state index in [1.807, 2.05) is 18.2 Å². The van der Waals surface area contributed by atoms with Crippen molar-refractivity contribution < 1.29 is 9.47 Å². The highest BCUT2D eigenvalue weighted by Gasteiger charge is 2.12. The Morgan fingerprint density at radius 1 is 1.32 bits per heavy atom. The summed E-state index contributed by atoms with van der Waals surface area (Å²) in [7, 11) is 0. The van der Waals surface area contributed by atoms with Crippen molar-refractivity contribution in [1.82, 2.24) is 9.97 Å². The van der Waals surface area contributed by atoms with Gasteiger partial charge < -0.3 is 9.47 Å². The van der Waals surface area contributed by atoms with Gasteiger partial charge in [-0.05, 0) is 29.8 Å². The Balaban J connectivity index is 1.71. The number of ether oxygens (including phenoxy) is 2. The second-order valence-corrected chi connectivity index (χ2v) is 3.77. The van der Waals surface area contributed by atoms with Gasteiger partial charge in [0.2, 0.25) is 6.79 Å². The van der Waals surface area contributed by atoms with Crippen molar-refractivity contribution in [2.75, 3.05) is 12.2 Å². The highest BCUT2D eigenvalue weighted by atomic mass is 16.7. The normalized spacial score (nSPS) is 12.8. The Kier molecular flexibility index (Phi) is 2.85. The SMILES string of the molecule is O=c1nccc(NN=Cc2ccc3c(c2)OCO3)[nH]1. The van der Waals surface area contributed by atoms with E-state index in [0.29, 0.717) is 11.6 Å². The van der Waals surface area contributed by atoms with E-state index < -0.39 is 5.69 Å².